The van der Waals surface area contributed by atoms with E-state index in [1.54, 1.807) is 58.2 Å². The van der Waals surface area contributed by atoms with Crippen molar-refractivity contribution < 1.29 is 43.3 Å². The zero-order valence-electron chi connectivity index (χ0n) is 32.8. The van der Waals surface area contributed by atoms with Gasteiger partial charge in [-0.25, -0.2) is 14.8 Å². The molecule has 3 fully saturated rings. The van der Waals surface area contributed by atoms with Crippen molar-refractivity contribution in [2.75, 3.05) is 19.0 Å². The number of benzene rings is 1. The number of carbonyl (C=O) groups is 5. The van der Waals surface area contributed by atoms with E-state index in [1.165, 1.54) is 29.4 Å². The van der Waals surface area contributed by atoms with Crippen LogP contribution >= 0.6 is 27.3 Å². The number of amides is 4. The lowest BCUT2D eigenvalue weighted by molar-refractivity contribution is -0.310. The summed E-state index contributed by atoms with van der Waals surface area (Å²) in [4.78, 5) is 77.3. The molecule has 15 nitrogen and oxygen atoms in total. The predicted octanol–water partition coefficient (Wildman–Crippen LogP) is 4.97. The quantitative estimate of drug-likeness (QED) is 0.196. The smallest absolute Gasteiger partial charge is 0.408 e. The molecule has 0 unspecified atom stereocenters. The number of nitrogens with zero attached hydrogens (tertiary/aromatic N) is 3. The molecule has 2 saturated carbocycles. The van der Waals surface area contributed by atoms with E-state index in [0.29, 0.717) is 43.4 Å². The number of thiazole rings is 1. The van der Waals surface area contributed by atoms with Gasteiger partial charge < -0.3 is 45.0 Å². The zero-order valence-corrected chi connectivity index (χ0v) is 35.2. The summed E-state index contributed by atoms with van der Waals surface area (Å²) in [6, 6.07) is 2.95. The molecule has 2 aromatic heterocycles. The number of ether oxygens (including phenoxy) is 3. The predicted molar refractivity (Wildman–Crippen MR) is 214 cm³/mol. The van der Waals surface area contributed by atoms with Crippen LogP contribution in [0.1, 0.15) is 73.1 Å². The number of anilines is 1. The first kappa shape index (κ1) is 41.9. The Balaban J connectivity index is 1.34. The molecule has 17 heteroatoms. The van der Waals surface area contributed by atoms with Crippen LogP contribution in [0.5, 0.6) is 11.5 Å². The highest BCUT2D eigenvalue weighted by Gasteiger charge is 2.57. The summed E-state index contributed by atoms with van der Waals surface area (Å²) < 4.78 is 18.4. The number of pyridine rings is 1. The summed E-state index contributed by atoms with van der Waals surface area (Å²) in [5.41, 5.74) is -1.09. The van der Waals surface area contributed by atoms with Crippen LogP contribution in [0.2, 0.25) is 0 Å². The van der Waals surface area contributed by atoms with E-state index in [2.05, 4.69) is 43.4 Å². The van der Waals surface area contributed by atoms with Gasteiger partial charge in [-0.2, -0.15) is 0 Å². The van der Waals surface area contributed by atoms with Crippen LogP contribution in [0.4, 0.5) is 9.93 Å². The first-order valence-corrected chi connectivity index (χ1v) is 20.7. The maximum Gasteiger partial charge on any atom is 0.408 e. The van der Waals surface area contributed by atoms with E-state index >= 15 is 0 Å². The van der Waals surface area contributed by atoms with Crippen molar-refractivity contribution in [3.63, 3.8) is 0 Å². The number of methoxy groups -OCH3 is 1. The van der Waals surface area contributed by atoms with E-state index in [1.807, 2.05) is 0 Å². The molecular weight excluding hydrogens is 820 g/mol. The van der Waals surface area contributed by atoms with Gasteiger partial charge >= 0.3 is 6.09 Å². The second-order valence-corrected chi connectivity index (χ2v) is 17.8. The highest BCUT2D eigenvalue weighted by Crippen LogP contribution is 2.45. The van der Waals surface area contributed by atoms with Crippen molar-refractivity contribution in [2.45, 2.75) is 103 Å². The Morgan fingerprint density at radius 1 is 1.09 bits per heavy atom. The van der Waals surface area contributed by atoms with Gasteiger partial charge in [-0.3, -0.25) is 14.4 Å². The Morgan fingerprint density at radius 3 is 2.42 bits per heavy atom. The molecule has 5 atom stereocenters. The Bertz CT molecular complexity index is 2080. The van der Waals surface area contributed by atoms with Gasteiger partial charge in [0.1, 0.15) is 41.5 Å². The minimum Gasteiger partial charge on any atom is -0.548 e. The Hall–Kier alpha value is -4.77. The van der Waals surface area contributed by atoms with Crippen molar-refractivity contribution in [3.8, 4) is 22.9 Å². The average Bonchev–Trinajstić information content (AvgIpc) is 3.57. The fraction of sp³-hybridized carbons (Fsp3) is 0.525. The second kappa shape index (κ2) is 16.6. The maximum atomic E-state index is 14.6. The van der Waals surface area contributed by atoms with E-state index in [-0.39, 0.29) is 37.3 Å². The van der Waals surface area contributed by atoms with Gasteiger partial charge in [0.05, 0.1) is 40.8 Å². The lowest BCUT2D eigenvalue weighted by Crippen LogP contribution is -2.60. The lowest BCUT2D eigenvalue weighted by Gasteiger charge is -2.35. The van der Waals surface area contributed by atoms with E-state index in [9.17, 15) is 29.1 Å². The molecule has 3 aliphatic rings. The highest BCUT2D eigenvalue weighted by atomic mass is 79.9. The van der Waals surface area contributed by atoms with Crippen LogP contribution in [-0.4, -0.2) is 88.1 Å². The number of hydrogen-bond donors (Lipinski definition) is 3. The Morgan fingerprint density at radius 2 is 1.81 bits per heavy atom. The molecule has 1 aromatic carbocycles. The third-order valence-electron chi connectivity index (χ3n) is 10.7. The third kappa shape index (κ3) is 8.88. The number of rotatable bonds is 13. The van der Waals surface area contributed by atoms with Gasteiger partial charge in [-0.15, -0.1) is 17.9 Å². The largest absolute Gasteiger partial charge is 0.548 e. The van der Waals surface area contributed by atoms with Crippen LogP contribution in [0.3, 0.4) is 0 Å². The molecule has 3 aromatic rings. The highest BCUT2D eigenvalue weighted by molar-refractivity contribution is 9.10. The number of hydrogen-bond acceptors (Lipinski definition) is 12. The molecule has 306 valence electrons. The first-order valence-electron chi connectivity index (χ1n) is 19.0. The summed E-state index contributed by atoms with van der Waals surface area (Å²) in [5.74, 6) is -2.79. The Labute approximate surface area is 343 Å². The van der Waals surface area contributed by atoms with Crippen molar-refractivity contribution >= 4 is 73.1 Å². The van der Waals surface area contributed by atoms with E-state index < -0.39 is 58.9 Å². The number of halogens is 1. The number of carboxylic acids is 1. The zero-order chi connectivity index (χ0) is 41.4. The van der Waals surface area contributed by atoms with Gasteiger partial charge in [0.25, 0.3) is 0 Å². The van der Waals surface area contributed by atoms with Crippen LogP contribution in [-0.2, 0) is 23.9 Å². The molecule has 1 aliphatic heterocycles. The summed E-state index contributed by atoms with van der Waals surface area (Å²) >= 11 is 4.86. The van der Waals surface area contributed by atoms with Gasteiger partial charge in [-0.05, 0) is 65.6 Å². The van der Waals surface area contributed by atoms with E-state index in [4.69, 9.17) is 19.2 Å². The number of aliphatic carboxylic acids is 1. The van der Waals surface area contributed by atoms with E-state index in [0.717, 1.165) is 25.7 Å². The van der Waals surface area contributed by atoms with Crippen LogP contribution < -0.4 is 30.5 Å². The molecule has 6 rings (SSSR count). The van der Waals surface area contributed by atoms with Crippen molar-refractivity contribution in [2.24, 2.45) is 17.3 Å². The van der Waals surface area contributed by atoms with Crippen molar-refractivity contribution in [1.82, 2.24) is 25.5 Å². The summed E-state index contributed by atoms with van der Waals surface area (Å²) in [5, 5.41) is 23.2. The SMILES string of the molecule is C=C[C@@H]1C[C@]1(NC(=O)[C@@H]1C[C@@H](Oc2cc(-c3csc(NC(=O)C(C)C)n3)nc3c(Br)c(OC)ccc23)CN1C(=O)[C@@H](NC(=O)OC1CCCC1)C(C)(C)C)C(=O)[O-]. The number of fused-ring (bicyclic) bond motifs is 1. The number of likely N-dealkylation sites (tertiary alicyclic amines) is 1. The summed E-state index contributed by atoms with van der Waals surface area (Å²) in [6.45, 7) is 12.6. The standard InChI is InChI=1S/C40H49BrN6O9S/c1-8-21-17-40(21,36(51)52)46-34(49)27-15-23(18-47(27)35(50)32(39(4,5)6)44-38(53)56-22-11-9-10-12-22)55-29-16-25(26-19-57-37(43-26)45-33(48)20(2)3)42-31-24(29)13-14-28(54-7)30(31)41/h8,13-14,16,19-23,27,32H,1,9-12,15,17-18H2,2-7H3,(H,44,53)(H,46,49)(H,51,52)(H,43,45,48)/p-1/t21-,23-,27+,32-,40-/m1/s1. The lowest BCUT2D eigenvalue weighted by atomic mass is 9.85. The first-order chi connectivity index (χ1) is 26.9. The number of aromatic nitrogens is 2. The molecule has 0 bridgehead atoms. The maximum absolute atomic E-state index is 14.6. The fourth-order valence-electron chi connectivity index (χ4n) is 7.28. The molecule has 0 spiro atoms. The van der Waals surface area contributed by atoms with Crippen molar-refractivity contribution in [1.29, 1.82) is 0 Å². The van der Waals surface area contributed by atoms with Gasteiger partial charge in [0, 0.05) is 35.1 Å². The Kier molecular flexibility index (Phi) is 12.2. The number of alkyl carbamates (subject to hydrolysis) is 1. The molecule has 57 heavy (non-hydrogen) atoms. The monoisotopic (exact) mass is 867 g/mol. The fourth-order valence-corrected chi connectivity index (χ4v) is 8.58. The number of nitrogens with one attached hydrogen (secondary N) is 3. The van der Waals surface area contributed by atoms with Gasteiger partial charge in [0.2, 0.25) is 17.7 Å². The van der Waals surface area contributed by atoms with Crippen LogP contribution in [0.15, 0.2) is 40.7 Å². The molecular formula is C40H48BrN6O9S-. The van der Waals surface area contributed by atoms with Crippen LogP contribution in [0.25, 0.3) is 22.3 Å². The average molecular weight is 869 g/mol. The van der Waals surface area contributed by atoms with Crippen LogP contribution in [0, 0.1) is 17.3 Å². The molecule has 4 amide bonds. The third-order valence-corrected chi connectivity index (χ3v) is 12.2. The minimum atomic E-state index is -1.65. The molecule has 2 aliphatic carbocycles. The minimum absolute atomic E-state index is 0.0125. The normalized spacial score (nSPS) is 22.5. The topological polar surface area (TPSA) is 201 Å². The van der Waals surface area contributed by atoms with Gasteiger partial charge in [-0.1, -0.05) is 40.7 Å². The summed E-state index contributed by atoms with van der Waals surface area (Å²) in [6.07, 6.45) is 3.19. The molecule has 0 radical (unpaired) electrons. The van der Waals surface area contributed by atoms with Crippen molar-refractivity contribution in [3.05, 3.63) is 40.7 Å². The second-order valence-electron chi connectivity index (χ2n) is 16.2. The molecule has 3 heterocycles. The molecule has 3 N–H and O–H groups in total. The molecule has 1 saturated heterocycles. The van der Waals surface area contributed by atoms with Gasteiger partial charge in [0.15, 0.2) is 5.13 Å². The summed E-state index contributed by atoms with van der Waals surface area (Å²) in [7, 11) is 1.53. The number of carboxylic acid groups (broad SMARTS) is 1. The number of carbonyl (C=O) groups excluding carboxylic acids is 5.